The maximum absolute atomic E-state index is 12.3. The van der Waals surface area contributed by atoms with Gasteiger partial charge in [-0.3, -0.25) is 25.0 Å². The smallest absolute Gasteiger partial charge is 0.269 e. The number of fused-ring (bicyclic) bond motifs is 1. The first-order valence-electron chi connectivity index (χ1n) is 8.20. The Bertz CT molecular complexity index is 869. The Morgan fingerprint density at radius 1 is 1.00 bits per heavy atom. The molecule has 3 atom stereocenters. The molecule has 0 unspecified atom stereocenters. The third-order valence-corrected chi connectivity index (χ3v) is 4.82. The number of amides is 2. The number of hydrazine groups is 1. The van der Waals surface area contributed by atoms with Crippen LogP contribution in [0.15, 0.2) is 54.6 Å². The van der Waals surface area contributed by atoms with Gasteiger partial charge in [0.2, 0.25) is 11.8 Å². The number of nitro groups is 1. The molecule has 0 spiro atoms. The van der Waals surface area contributed by atoms with Gasteiger partial charge in [-0.15, -0.1) is 0 Å². The van der Waals surface area contributed by atoms with Crippen LogP contribution >= 0.6 is 0 Å². The number of hydrogen-bond acceptors (Lipinski definition) is 6. The van der Waals surface area contributed by atoms with Crippen LogP contribution in [-0.2, 0) is 16.1 Å². The second-order valence-corrected chi connectivity index (χ2v) is 6.39. The van der Waals surface area contributed by atoms with E-state index in [2.05, 4.69) is 10.7 Å². The van der Waals surface area contributed by atoms with Crippen LogP contribution in [0.4, 0.5) is 5.69 Å². The molecule has 0 aromatic heterocycles. The maximum atomic E-state index is 12.3. The van der Waals surface area contributed by atoms with E-state index in [0.717, 1.165) is 11.1 Å². The van der Waals surface area contributed by atoms with Crippen molar-refractivity contribution in [2.45, 2.75) is 18.6 Å². The Hall–Kier alpha value is -3.10. The average molecular weight is 352 g/mol. The molecule has 2 aromatic carbocycles. The molecule has 8 nitrogen and oxygen atoms in total. The SMILES string of the molecule is O=C1NC(=O)[C@H]2[C@H]1[C@H](c1ccc([N+](=O)[O-])cc1)NN2Cc1ccccc1. The summed E-state index contributed by atoms with van der Waals surface area (Å²) in [5, 5.41) is 15.0. The fraction of sp³-hybridized carbons (Fsp3) is 0.222. The summed E-state index contributed by atoms with van der Waals surface area (Å²) in [4.78, 5) is 35.0. The summed E-state index contributed by atoms with van der Waals surface area (Å²) in [5.74, 6) is -1.23. The van der Waals surface area contributed by atoms with E-state index in [-0.39, 0.29) is 17.5 Å². The highest BCUT2D eigenvalue weighted by atomic mass is 16.6. The van der Waals surface area contributed by atoms with Gasteiger partial charge in [0.1, 0.15) is 6.04 Å². The number of hydrogen-bond donors (Lipinski definition) is 2. The van der Waals surface area contributed by atoms with Gasteiger partial charge in [0.15, 0.2) is 0 Å². The number of carbonyl (C=O) groups excluding carboxylic acids is 2. The van der Waals surface area contributed by atoms with Crippen molar-refractivity contribution >= 4 is 17.5 Å². The predicted octanol–water partition coefficient (Wildman–Crippen LogP) is 1.30. The molecule has 8 heteroatoms. The molecule has 0 bridgehead atoms. The van der Waals surface area contributed by atoms with Crippen molar-refractivity contribution in [3.63, 3.8) is 0 Å². The van der Waals surface area contributed by atoms with E-state index in [0.29, 0.717) is 6.54 Å². The molecular formula is C18H16N4O4. The molecule has 2 fully saturated rings. The number of carbonyl (C=O) groups is 2. The molecule has 2 saturated heterocycles. The third kappa shape index (κ3) is 2.75. The lowest BCUT2D eigenvalue weighted by Crippen LogP contribution is -2.43. The quantitative estimate of drug-likeness (QED) is 0.488. The van der Waals surface area contributed by atoms with Gasteiger partial charge in [-0.2, -0.15) is 0 Å². The van der Waals surface area contributed by atoms with E-state index < -0.39 is 22.9 Å². The summed E-state index contributed by atoms with van der Waals surface area (Å²) in [7, 11) is 0. The van der Waals surface area contributed by atoms with Crippen LogP contribution in [-0.4, -0.2) is 27.8 Å². The predicted molar refractivity (Wildman–Crippen MR) is 91.4 cm³/mol. The molecule has 0 saturated carbocycles. The van der Waals surface area contributed by atoms with E-state index >= 15 is 0 Å². The zero-order chi connectivity index (χ0) is 18.3. The van der Waals surface area contributed by atoms with Crippen molar-refractivity contribution in [2.75, 3.05) is 0 Å². The van der Waals surface area contributed by atoms with Crippen molar-refractivity contribution < 1.29 is 14.5 Å². The Kier molecular flexibility index (Phi) is 3.98. The third-order valence-electron chi connectivity index (χ3n) is 4.82. The van der Waals surface area contributed by atoms with E-state index in [1.807, 2.05) is 30.3 Å². The largest absolute Gasteiger partial charge is 0.295 e. The lowest BCUT2D eigenvalue weighted by Gasteiger charge is -2.22. The standard InChI is InChI=1S/C18H16N4O4/c23-17-14-15(12-6-8-13(9-7-12)22(25)26)20-21(16(14)18(24)19-17)10-11-4-2-1-3-5-11/h1-9,14-16,20H,10H2,(H,19,23,24)/t14-,15+,16-/m1/s1. The normalized spacial score (nSPS) is 25.2. The monoisotopic (exact) mass is 352 g/mol. The molecule has 4 rings (SSSR count). The zero-order valence-corrected chi connectivity index (χ0v) is 13.7. The van der Waals surface area contributed by atoms with Crippen molar-refractivity contribution in [2.24, 2.45) is 5.92 Å². The first kappa shape index (κ1) is 16.4. The summed E-state index contributed by atoms with van der Waals surface area (Å²) >= 11 is 0. The van der Waals surface area contributed by atoms with Crippen molar-refractivity contribution in [1.29, 1.82) is 0 Å². The number of benzene rings is 2. The molecule has 2 N–H and O–H groups in total. The Morgan fingerprint density at radius 3 is 2.35 bits per heavy atom. The molecule has 2 aliphatic heterocycles. The Morgan fingerprint density at radius 2 is 1.69 bits per heavy atom. The molecule has 0 radical (unpaired) electrons. The minimum atomic E-state index is -0.608. The van der Waals surface area contributed by atoms with E-state index in [1.165, 1.54) is 12.1 Å². The van der Waals surface area contributed by atoms with Crippen LogP contribution in [0, 0.1) is 16.0 Å². The Labute approximate surface area is 148 Å². The molecule has 2 amide bonds. The second kappa shape index (κ2) is 6.32. The van der Waals surface area contributed by atoms with E-state index in [9.17, 15) is 19.7 Å². The maximum Gasteiger partial charge on any atom is 0.269 e. The van der Waals surface area contributed by atoms with Gasteiger partial charge >= 0.3 is 0 Å². The zero-order valence-electron chi connectivity index (χ0n) is 13.7. The van der Waals surface area contributed by atoms with Gasteiger partial charge in [0.05, 0.1) is 16.9 Å². The molecule has 2 heterocycles. The van der Waals surface area contributed by atoms with Crippen LogP contribution < -0.4 is 10.7 Å². The van der Waals surface area contributed by atoms with Crippen molar-refractivity contribution in [3.8, 4) is 0 Å². The lowest BCUT2D eigenvalue weighted by molar-refractivity contribution is -0.384. The Balaban J connectivity index is 1.64. The molecule has 2 aromatic rings. The van der Waals surface area contributed by atoms with Gasteiger partial charge in [-0.25, -0.2) is 10.4 Å². The summed E-state index contributed by atoms with van der Waals surface area (Å²) < 4.78 is 0. The average Bonchev–Trinajstić information content (AvgIpc) is 3.15. The summed E-state index contributed by atoms with van der Waals surface area (Å²) in [5.41, 5.74) is 4.97. The number of non-ortho nitro benzene ring substituents is 1. The number of nitrogens with zero attached hydrogens (tertiary/aromatic N) is 2. The first-order valence-corrected chi connectivity index (χ1v) is 8.20. The van der Waals surface area contributed by atoms with Gasteiger partial charge in [0, 0.05) is 18.7 Å². The molecule has 26 heavy (non-hydrogen) atoms. The minimum absolute atomic E-state index is 0.0172. The first-order chi connectivity index (χ1) is 12.5. The number of nitrogens with one attached hydrogen (secondary N) is 2. The topological polar surface area (TPSA) is 105 Å². The van der Waals surface area contributed by atoms with Crippen LogP contribution in [0.2, 0.25) is 0 Å². The number of rotatable bonds is 4. The van der Waals surface area contributed by atoms with E-state index in [4.69, 9.17) is 0 Å². The van der Waals surface area contributed by atoms with Crippen molar-refractivity contribution in [1.82, 2.24) is 15.8 Å². The highest BCUT2D eigenvalue weighted by molar-refractivity contribution is 6.07. The van der Waals surface area contributed by atoms with Gasteiger partial charge < -0.3 is 0 Å². The van der Waals surface area contributed by atoms with Gasteiger partial charge in [-0.1, -0.05) is 42.5 Å². The fourth-order valence-electron chi connectivity index (χ4n) is 3.60. The summed E-state index contributed by atoms with van der Waals surface area (Å²) in [6, 6.07) is 14.7. The highest BCUT2D eigenvalue weighted by Crippen LogP contribution is 2.37. The molecule has 2 aliphatic rings. The molecular weight excluding hydrogens is 336 g/mol. The molecule has 0 aliphatic carbocycles. The summed E-state index contributed by atoms with van der Waals surface area (Å²) in [6.07, 6.45) is 0. The van der Waals surface area contributed by atoms with Crippen LogP contribution in [0.3, 0.4) is 0 Å². The van der Waals surface area contributed by atoms with Gasteiger partial charge in [-0.05, 0) is 11.1 Å². The summed E-state index contributed by atoms with van der Waals surface area (Å²) in [6.45, 7) is 0.464. The number of imide groups is 1. The van der Waals surface area contributed by atoms with E-state index in [1.54, 1.807) is 17.1 Å². The minimum Gasteiger partial charge on any atom is -0.295 e. The van der Waals surface area contributed by atoms with Crippen LogP contribution in [0.5, 0.6) is 0 Å². The lowest BCUT2D eigenvalue weighted by atomic mass is 9.91. The highest BCUT2D eigenvalue weighted by Gasteiger charge is 2.54. The fourth-order valence-corrected chi connectivity index (χ4v) is 3.60. The second-order valence-electron chi connectivity index (χ2n) is 6.39. The van der Waals surface area contributed by atoms with Crippen LogP contribution in [0.25, 0.3) is 0 Å². The molecule has 132 valence electrons. The van der Waals surface area contributed by atoms with Crippen LogP contribution in [0.1, 0.15) is 17.2 Å². The van der Waals surface area contributed by atoms with Crippen molar-refractivity contribution in [3.05, 3.63) is 75.8 Å². The van der Waals surface area contributed by atoms with Gasteiger partial charge in [0.25, 0.3) is 5.69 Å². The number of nitro benzene ring substituents is 1.